The van der Waals surface area contributed by atoms with E-state index in [2.05, 4.69) is 35.0 Å². The van der Waals surface area contributed by atoms with E-state index in [0.717, 1.165) is 37.1 Å². The van der Waals surface area contributed by atoms with Crippen LogP contribution in [-0.4, -0.2) is 78.1 Å². The highest BCUT2D eigenvalue weighted by atomic mass is 16.7. The van der Waals surface area contributed by atoms with Gasteiger partial charge in [0.2, 0.25) is 0 Å². The number of quaternary nitrogens is 1. The maximum Gasteiger partial charge on any atom is 0.147 e. The Morgan fingerprint density at radius 1 is 0.370 bits per heavy atom. The lowest BCUT2D eigenvalue weighted by molar-refractivity contribution is -0.870. The van der Waals surface area contributed by atoms with Crippen molar-refractivity contribution in [2.75, 3.05) is 67.5 Å². The summed E-state index contributed by atoms with van der Waals surface area (Å²) in [5.41, 5.74) is 0. The van der Waals surface area contributed by atoms with E-state index in [1.165, 1.54) is 167 Å². The summed E-state index contributed by atoms with van der Waals surface area (Å²) in [4.78, 5) is 0. The minimum atomic E-state index is -0.00406. The predicted molar refractivity (Wildman–Crippen MR) is 201 cm³/mol. The van der Waals surface area contributed by atoms with E-state index < -0.39 is 0 Å². The molecule has 0 N–H and O–H groups in total. The van der Waals surface area contributed by atoms with Crippen LogP contribution in [-0.2, 0) is 18.9 Å². The molecule has 0 heterocycles. The molecule has 0 spiro atoms. The normalized spacial score (nSPS) is 12.7. The highest BCUT2D eigenvalue weighted by Gasteiger charge is 2.11. The van der Waals surface area contributed by atoms with Crippen LogP contribution in [0.4, 0.5) is 0 Å². The topological polar surface area (TPSA) is 36.9 Å². The van der Waals surface area contributed by atoms with Gasteiger partial charge in [0, 0.05) is 13.2 Å². The second kappa shape index (κ2) is 37.6. The van der Waals surface area contributed by atoms with E-state index >= 15 is 0 Å². The molecule has 0 saturated heterocycles. The van der Waals surface area contributed by atoms with Crippen molar-refractivity contribution in [3.8, 4) is 0 Å². The Kier molecular flexibility index (Phi) is 37.5. The van der Waals surface area contributed by atoms with Crippen LogP contribution >= 0.6 is 0 Å². The first-order valence-electron chi connectivity index (χ1n) is 20.6. The molecule has 0 aliphatic carbocycles. The largest absolute Gasteiger partial charge is 0.379 e. The molecule has 5 nitrogen and oxygen atoms in total. The quantitative estimate of drug-likeness (QED) is 0.0374. The van der Waals surface area contributed by atoms with E-state index in [4.69, 9.17) is 18.9 Å². The maximum atomic E-state index is 6.23. The average Bonchev–Trinajstić information content (AvgIpc) is 3.03. The third-order valence-electron chi connectivity index (χ3n) is 9.17. The number of rotatable bonds is 40. The van der Waals surface area contributed by atoms with Crippen molar-refractivity contribution in [3.63, 3.8) is 0 Å². The SMILES string of the molecule is CCCCCCCCCCCCCCCCOC[C@H](COCOCC[N+](C)(C)C)OCCCCCCCCCCCCCCCC. The molecule has 5 heteroatoms. The number of hydrogen-bond acceptors (Lipinski definition) is 4. The Morgan fingerprint density at radius 3 is 1.11 bits per heavy atom. The van der Waals surface area contributed by atoms with Crippen molar-refractivity contribution < 1.29 is 23.4 Å². The molecule has 0 saturated carbocycles. The van der Waals surface area contributed by atoms with Crippen molar-refractivity contribution in [1.29, 1.82) is 0 Å². The number of unbranched alkanes of at least 4 members (excludes halogenated alkanes) is 26. The standard InChI is InChI=1S/C41H86NO4/c1-6-8-10-12-14-16-18-20-22-24-26-28-30-32-35-43-38-41(39-45-40-44-37-34-42(3,4)5)46-36-33-31-29-27-25-23-21-19-17-15-13-11-9-7-2/h41H,6-40H2,1-5H3/q+1/t41-/m1/s1. The van der Waals surface area contributed by atoms with Gasteiger partial charge in [0.25, 0.3) is 0 Å². The molecule has 46 heavy (non-hydrogen) atoms. The van der Waals surface area contributed by atoms with Gasteiger partial charge in [0.05, 0.1) is 41.0 Å². The van der Waals surface area contributed by atoms with Gasteiger partial charge in [0.15, 0.2) is 0 Å². The van der Waals surface area contributed by atoms with Crippen LogP contribution in [0.1, 0.15) is 194 Å². The molecule has 0 aliphatic heterocycles. The van der Waals surface area contributed by atoms with Crippen molar-refractivity contribution >= 4 is 0 Å². The van der Waals surface area contributed by atoms with Gasteiger partial charge < -0.3 is 23.4 Å². The lowest BCUT2D eigenvalue weighted by Gasteiger charge is -2.23. The molecule has 0 aromatic rings. The fraction of sp³-hybridized carbons (Fsp3) is 1.00. The molecule has 0 aromatic carbocycles. The zero-order valence-corrected chi connectivity index (χ0v) is 32.4. The van der Waals surface area contributed by atoms with Crippen LogP contribution in [0.5, 0.6) is 0 Å². The summed E-state index contributed by atoms with van der Waals surface area (Å²) < 4.78 is 24.7. The molecular weight excluding hydrogens is 570 g/mol. The second-order valence-corrected chi connectivity index (χ2v) is 15.2. The summed E-state index contributed by atoms with van der Waals surface area (Å²) in [7, 11) is 6.54. The van der Waals surface area contributed by atoms with Gasteiger partial charge in [0.1, 0.15) is 19.4 Å². The summed E-state index contributed by atoms with van der Waals surface area (Å²) in [5.74, 6) is 0. The van der Waals surface area contributed by atoms with Crippen LogP contribution in [0.2, 0.25) is 0 Å². The first-order valence-corrected chi connectivity index (χ1v) is 20.6. The van der Waals surface area contributed by atoms with E-state index in [1.807, 2.05) is 0 Å². The highest BCUT2D eigenvalue weighted by Crippen LogP contribution is 2.14. The van der Waals surface area contributed by atoms with Crippen molar-refractivity contribution in [2.24, 2.45) is 0 Å². The van der Waals surface area contributed by atoms with Crippen molar-refractivity contribution in [1.82, 2.24) is 0 Å². The van der Waals surface area contributed by atoms with Gasteiger partial charge in [-0.3, -0.25) is 0 Å². The Morgan fingerprint density at radius 2 is 0.717 bits per heavy atom. The minimum absolute atomic E-state index is 0.00406. The summed E-state index contributed by atoms with van der Waals surface area (Å²) in [5, 5.41) is 0. The molecule has 0 fully saturated rings. The Hall–Kier alpha value is -0.200. The number of ether oxygens (including phenoxy) is 4. The molecular formula is C41H86NO4+. The van der Waals surface area contributed by atoms with E-state index in [1.54, 1.807) is 0 Å². The van der Waals surface area contributed by atoms with Gasteiger partial charge in [-0.1, -0.05) is 181 Å². The predicted octanol–water partition coefficient (Wildman–Crippen LogP) is 12.0. The third-order valence-corrected chi connectivity index (χ3v) is 9.17. The zero-order valence-electron chi connectivity index (χ0n) is 32.4. The lowest BCUT2D eigenvalue weighted by Crippen LogP contribution is -2.37. The highest BCUT2D eigenvalue weighted by molar-refractivity contribution is 4.57. The third kappa shape index (κ3) is 40.0. The van der Waals surface area contributed by atoms with Gasteiger partial charge in [-0.05, 0) is 12.8 Å². The number of likely N-dealkylation sites (N-methyl/N-ethyl adjacent to an activating group) is 1. The van der Waals surface area contributed by atoms with Crippen LogP contribution in [0, 0.1) is 0 Å². The van der Waals surface area contributed by atoms with Crippen LogP contribution in [0.25, 0.3) is 0 Å². The lowest BCUT2D eigenvalue weighted by atomic mass is 10.0. The summed E-state index contributed by atoms with van der Waals surface area (Å²) >= 11 is 0. The van der Waals surface area contributed by atoms with Crippen molar-refractivity contribution in [3.05, 3.63) is 0 Å². The Bertz CT molecular complexity index is 553. The maximum absolute atomic E-state index is 6.23. The molecule has 0 aromatic heterocycles. The van der Waals surface area contributed by atoms with Crippen LogP contribution in [0.3, 0.4) is 0 Å². The molecule has 0 aliphatic rings. The van der Waals surface area contributed by atoms with Crippen LogP contribution in [0.15, 0.2) is 0 Å². The Labute approximate surface area is 290 Å². The first-order chi connectivity index (χ1) is 22.5. The summed E-state index contributed by atoms with van der Waals surface area (Å²) in [6.07, 6.45) is 38.7. The molecule has 0 unspecified atom stereocenters. The molecule has 0 bridgehead atoms. The fourth-order valence-electron chi connectivity index (χ4n) is 5.94. The van der Waals surface area contributed by atoms with Gasteiger partial charge in [-0.15, -0.1) is 0 Å². The van der Waals surface area contributed by atoms with Crippen LogP contribution < -0.4 is 0 Å². The van der Waals surface area contributed by atoms with E-state index in [9.17, 15) is 0 Å². The molecule has 1 atom stereocenters. The van der Waals surface area contributed by atoms with Gasteiger partial charge >= 0.3 is 0 Å². The van der Waals surface area contributed by atoms with E-state index in [-0.39, 0.29) is 6.10 Å². The second-order valence-electron chi connectivity index (χ2n) is 15.2. The zero-order chi connectivity index (χ0) is 33.7. The van der Waals surface area contributed by atoms with Gasteiger partial charge in [-0.2, -0.15) is 0 Å². The summed E-state index contributed by atoms with van der Waals surface area (Å²) in [6.45, 7) is 9.41. The number of nitrogens with zero attached hydrogens (tertiary/aromatic N) is 1. The first kappa shape index (κ1) is 45.8. The van der Waals surface area contributed by atoms with E-state index in [0.29, 0.717) is 26.6 Å². The molecule has 0 rings (SSSR count). The number of hydrogen-bond donors (Lipinski definition) is 0. The van der Waals surface area contributed by atoms with Crippen molar-refractivity contribution in [2.45, 2.75) is 200 Å². The summed E-state index contributed by atoms with van der Waals surface area (Å²) in [6, 6.07) is 0. The molecule has 0 amide bonds. The Balaban J connectivity index is 3.84. The molecule has 278 valence electrons. The average molecular weight is 657 g/mol. The van der Waals surface area contributed by atoms with Gasteiger partial charge in [-0.25, -0.2) is 0 Å². The smallest absolute Gasteiger partial charge is 0.147 e. The monoisotopic (exact) mass is 657 g/mol. The fourth-order valence-corrected chi connectivity index (χ4v) is 5.94. The molecule has 0 radical (unpaired) electrons. The minimum Gasteiger partial charge on any atom is -0.379 e.